The van der Waals surface area contributed by atoms with Gasteiger partial charge in [-0.15, -0.1) is 12.4 Å². The molecule has 3 aliphatic rings. The van der Waals surface area contributed by atoms with Crippen LogP contribution >= 0.6 is 24.0 Å². The van der Waals surface area contributed by atoms with Gasteiger partial charge in [0.25, 0.3) is 0 Å². The number of carbonyl (C=O) groups excluding carboxylic acids is 2. The van der Waals surface area contributed by atoms with Gasteiger partial charge in [-0.3, -0.25) is 9.59 Å². The lowest BCUT2D eigenvalue weighted by Crippen LogP contribution is -2.48. The number of amides is 2. The van der Waals surface area contributed by atoms with Gasteiger partial charge in [0.1, 0.15) is 0 Å². The molecule has 2 heterocycles. The standard InChI is InChI=1S/C21H28ClN3O2.ClH/c22-17-7-5-16(6-8-17)21(9-10-21)20(27)25-12-2-3-15(14-25)13-24-19(26)18-4-1-11-23-18;/h5-8,15,18,23H,1-4,9-14H2,(H,24,26);1H. The maximum atomic E-state index is 13.3. The summed E-state index contributed by atoms with van der Waals surface area (Å²) in [7, 11) is 0. The Morgan fingerprint density at radius 2 is 1.93 bits per heavy atom. The maximum absolute atomic E-state index is 13.3. The van der Waals surface area contributed by atoms with Crippen LogP contribution in [-0.4, -0.2) is 48.9 Å². The fraction of sp³-hybridized carbons (Fsp3) is 0.619. The predicted octanol–water partition coefficient (Wildman–Crippen LogP) is 2.90. The molecule has 2 N–H and O–H groups in total. The normalized spacial score (nSPS) is 25.7. The third kappa shape index (κ3) is 4.47. The Morgan fingerprint density at radius 1 is 1.18 bits per heavy atom. The topological polar surface area (TPSA) is 61.4 Å². The van der Waals surface area contributed by atoms with Crippen molar-refractivity contribution in [2.45, 2.75) is 50.0 Å². The van der Waals surface area contributed by atoms with Crippen molar-refractivity contribution < 1.29 is 9.59 Å². The molecule has 0 aromatic heterocycles. The highest BCUT2D eigenvalue weighted by atomic mass is 35.5. The zero-order valence-corrected chi connectivity index (χ0v) is 17.7. The van der Waals surface area contributed by atoms with Crippen molar-refractivity contribution in [2.75, 3.05) is 26.2 Å². The van der Waals surface area contributed by atoms with E-state index in [0.29, 0.717) is 17.5 Å². The Balaban J connectivity index is 0.00000225. The first-order chi connectivity index (χ1) is 13.1. The SMILES string of the molecule is Cl.O=C(NCC1CCCN(C(=O)C2(c3ccc(Cl)cc3)CC2)C1)C1CCCN1. The molecule has 28 heavy (non-hydrogen) atoms. The molecular weight excluding hydrogens is 397 g/mol. The van der Waals surface area contributed by atoms with E-state index < -0.39 is 0 Å². The van der Waals surface area contributed by atoms with Gasteiger partial charge in [0.05, 0.1) is 11.5 Å². The smallest absolute Gasteiger partial charge is 0.237 e. The second kappa shape index (κ2) is 9.02. The molecule has 1 saturated carbocycles. The predicted molar refractivity (Wildman–Crippen MR) is 113 cm³/mol. The molecule has 2 unspecified atom stereocenters. The molecule has 1 aliphatic carbocycles. The van der Waals surface area contributed by atoms with E-state index in [1.807, 2.05) is 29.2 Å². The third-order valence-corrected chi connectivity index (χ3v) is 6.56. The molecule has 7 heteroatoms. The summed E-state index contributed by atoms with van der Waals surface area (Å²) in [5, 5.41) is 7.03. The van der Waals surface area contributed by atoms with Gasteiger partial charge in [-0.2, -0.15) is 0 Å². The third-order valence-electron chi connectivity index (χ3n) is 6.30. The Hall–Kier alpha value is -1.30. The maximum Gasteiger partial charge on any atom is 0.237 e. The van der Waals surface area contributed by atoms with Gasteiger partial charge in [0.15, 0.2) is 0 Å². The largest absolute Gasteiger partial charge is 0.354 e. The number of hydrogen-bond acceptors (Lipinski definition) is 3. The first-order valence-corrected chi connectivity index (χ1v) is 10.5. The van der Waals surface area contributed by atoms with Crippen molar-refractivity contribution in [1.82, 2.24) is 15.5 Å². The van der Waals surface area contributed by atoms with E-state index >= 15 is 0 Å². The van der Waals surface area contributed by atoms with E-state index in [-0.39, 0.29) is 35.7 Å². The Bertz CT molecular complexity index is 700. The summed E-state index contributed by atoms with van der Waals surface area (Å²) < 4.78 is 0. The van der Waals surface area contributed by atoms with Crippen molar-refractivity contribution in [3.8, 4) is 0 Å². The van der Waals surface area contributed by atoms with Crippen LogP contribution in [0.15, 0.2) is 24.3 Å². The number of nitrogens with zero attached hydrogens (tertiary/aromatic N) is 1. The van der Waals surface area contributed by atoms with Crippen molar-refractivity contribution in [2.24, 2.45) is 5.92 Å². The number of nitrogens with one attached hydrogen (secondary N) is 2. The van der Waals surface area contributed by atoms with E-state index in [9.17, 15) is 9.59 Å². The highest BCUT2D eigenvalue weighted by Gasteiger charge is 2.53. The van der Waals surface area contributed by atoms with E-state index in [0.717, 1.165) is 63.7 Å². The summed E-state index contributed by atoms with van der Waals surface area (Å²) >= 11 is 6.00. The van der Waals surface area contributed by atoms with E-state index in [4.69, 9.17) is 11.6 Å². The Kier molecular flexibility index (Phi) is 6.89. The average molecular weight is 426 g/mol. The summed E-state index contributed by atoms with van der Waals surface area (Å²) in [6, 6.07) is 7.68. The van der Waals surface area contributed by atoms with Gasteiger partial charge >= 0.3 is 0 Å². The molecule has 1 aromatic rings. The molecule has 0 bridgehead atoms. The van der Waals surface area contributed by atoms with Gasteiger partial charge in [-0.1, -0.05) is 23.7 Å². The molecule has 2 saturated heterocycles. The van der Waals surface area contributed by atoms with Gasteiger partial charge in [-0.05, 0) is 68.7 Å². The van der Waals surface area contributed by atoms with E-state index in [1.165, 1.54) is 0 Å². The first kappa shape index (κ1) is 21.4. The molecule has 1 aromatic carbocycles. The van der Waals surface area contributed by atoms with Crippen molar-refractivity contribution in [3.05, 3.63) is 34.9 Å². The van der Waals surface area contributed by atoms with Gasteiger partial charge in [-0.25, -0.2) is 0 Å². The van der Waals surface area contributed by atoms with E-state index in [2.05, 4.69) is 10.6 Å². The summed E-state index contributed by atoms with van der Waals surface area (Å²) in [5.41, 5.74) is 0.739. The van der Waals surface area contributed by atoms with Crippen molar-refractivity contribution >= 4 is 35.8 Å². The molecular formula is C21H29Cl2N3O2. The minimum absolute atomic E-state index is 0. The highest BCUT2D eigenvalue weighted by Crippen LogP contribution is 2.50. The zero-order chi connectivity index (χ0) is 18.9. The van der Waals surface area contributed by atoms with Crippen LogP contribution in [0.3, 0.4) is 0 Å². The Morgan fingerprint density at radius 3 is 2.57 bits per heavy atom. The number of rotatable bonds is 5. The molecule has 0 spiro atoms. The van der Waals surface area contributed by atoms with Gasteiger partial charge in [0, 0.05) is 24.7 Å². The summed E-state index contributed by atoms with van der Waals surface area (Å²) in [6.07, 6.45) is 5.89. The molecule has 2 amide bonds. The first-order valence-electron chi connectivity index (χ1n) is 10.1. The fourth-order valence-corrected chi connectivity index (χ4v) is 4.64. The minimum Gasteiger partial charge on any atom is -0.354 e. The number of hydrogen-bond donors (Lipinski definition) is 2. The fourth-order valence-electron chi connectivity index (χ4n) is 4.52. The van der Waals surface area contributed by atoms with Crippen LogP contribution in [0.1, 0.15) is 44.1 Å². The molecule has 154 valence electrons. The summed E-state index contributed by atoms with van der Waals surface area (Å²) in [4.78, 5) is 27.5. The number of likely N-dealkylation sites (tertiary alicyclic amines) is 1. The van der Waals surface area contributed by atoms with Crippen LogP contribution in [0.4, 0.5) is 0 Å². The Labute approximate surface area is 178 Å². The van der Waals surface area contributed by atoms with Crippen LogP contribution in [0.25, 0.3) is 0 Å². The van der Waals surface area contributed by atoms with Crippen molar-refractivity contribution in [1.29, 1.82) is 0 Å². The van der Waals surface area contributed by atoms with Crippen LogP contribution in [0.5, 0.6) is 0 Å². The lowest BCUT2D eigenvalue weighted by Gasteiger charge is -2.35. The lowest BCUT2D eigenvalue weighted by atomic mass is 9.91. The summed E-state index contributed by atoms with van der Waals surface area (Å²) in [5.74, 6) is 0.697. The molecule has 3 fully saturated rings. The molecule has 5 nitrogen and oxygen atoms in total. The van der Waals surface area contributed by atoms with Crippen LogP contribution in [0, 0.1) is 5.92 Å². The number of carbonyl (C=O) groups is 2. The number of halogens is 2. The zero-order valence-electron chi connectivity index (χ0n) is 16.1. The quantitative estimate of drug-likeness (QED) is 0.761. The second-order valence-corrected chi connectivity index (χ2v) is 8.68. The van der Waals surface area contributed by atoms with E-state index in [1.54, 1.807) is 0 Å². The molecule has 4 rings (SSSR count). The minimum atomic E-state index is -0.344. The lowest BCUT2D eigenvalue weighted by molar-refractivity contribution is -0.135. The second-order valence-electron chi connectivity index (χ2n) is 8.24. The van der Waals surface area contributed by atoms with Crippen LogP contribution in [0.2, 0.25) is 5.02 Å². The average Bonchev–Trinajstić information content (AvgIpc) is 3.31. The highest BCUT2D eigenvalue weighted by molar-refractivity contribution is 6.30. The molecule has 2 atom stereocenters. The number of benzene rings is 1. The molecule has 2 aliphatic heterocycles. The monoisotopic (exact) mass is 425 g/mol. The van der Waals surface area contributed by atoms with Gasteiger partial charge in [0.2, 0.25) is 11.8 Å². The molecule has 0 radical (unpaired) electrons. The summed E-state index contributed by atoms with van der Waals surface area (Å²) in [6.45, 7) is 3.15. The van der Waals surface area contributed by atoms with Crippen molar-refractivity contribution in [3.63, 3.8) is 0 Å². The van der Waals surface area contributed by atoms with Gasteiger partial charge < -0.3 is 15.5 Å². The van der Waals surface area contributed by atoms with Crippen LogP contribution < -0.4 is 10.6 Å². The van der Waals surface area contributed by atoms with Crippen LogP contribution in [-0.2, 0) is 15.0 Å². The number of piperidine rings is 1.